The summed E-state index contributed by atoms with van der Waals surface area (Å²) in [6.45, 7) is 1.81. The lowest BCUT2D eigenvalue weighted by molar-refractivity contribution is -0.139. The molecule has 28 heavy (non-hydrogen) atoms. The van der Waals surface area contributed by atoms with Crippen LogP contribution in [0.5, 0.6) is 11.5 Å². The Kier molecular flexibility index (Phi) is 5.79. The van der Waals surface area contributed by atoms with Crippen LogP contribution >= 0.6 is 11.3 Å². The van der Waals surface area contributed by atoms with Crippen molar-refractivity contribution in [2.24, 2.45) is 0 Å². The van der Waals surface area contributed by atoms with Gasteiger partial charge in [-0.3, -0.25) is 4.79 Å². The minimum absolute atomic E-state index is 0.0331. The first kappa shape index (κ1) is 19.6. The summed E-state index contributed by atoms with van der Waals surface area (Å²) in [6, 6.07) is 12.0. The third-order valence-corrected chi connectivity index (χ3v) is 5.16. The third kappa shape index (κ3) is 4.23. The van der Waals surface area contributed by atoms with Gasteiger partial charge < -0.3 is 19.5 Å². The Morgan fingerprint density at radius 3 is 2.68 bits per heavy atom. The Morgan fingerprint density at radius 1 is 1.25 bits per heavy atom. The predicted octanol–water partition coefficient (Wildman–Crippen LogP) is 3.21. The van der Waals surface area contributed by atoms with Crippen molar-refractivity contribution in [3.05, 3.63) is 53.0 Å². The largest absolute Gasteiger partial charge is 0.507 e. The number of amides is 1. The Balaban J connectivity index is 1.63. The zero-order valence-electron chi connectivity index (χ0n) is 15.7. The molecule has 8 heteroatoms. The first-order valence-corrected chi connectivity index (χ1v) is 9.38. The number of hydrogen-bond acceptors (Lipinski definition) is 7. The first-order chi connectivity index (χ1) is 13.4. The van der Waals surface area contributed by atoms with Crippen LogP contribution in [-0.2, 0) is 16.1 Å². The van der Waals surface area contributed by atoms with Crippen molar-refractivity contribution in [3.63, 3.8) is 0 Å². The van der Waals surface area contributed by atoms with Gasteiger partial charge in [0.25, 0.3) is 5.91 Å². The van der Waals surface area contributed by atoms with E-state index in [1.807, 2.05) is 24.3 Å². The highest BCUT2D eigenvalue weighted by Crippen LogP contribution is 2.25. The molecule has 2 aromatic carbocycles. The Bertz CT molecular complexity index is 984. The van der Waals surface area contributed by atoms with E-state index in [1.165, 1.54) is 48.5 Å². The van der Waals surface area contributed by atoms with Gasteiger partial charge in [-0.25, -0.2) is 9.78 Å². The summed E-state index contributed by atoms with van der Waals surface area (Å²) in [7, 11) is 3.08. The van der Waals surface area contributed by atoms with Gasteiger partial charge >= 0.3 is 5.97 Å². The molecule has 0 saturated heterocycles. The number of ether oxygens (including phenoxy) is 2. The summed E-state index contributed by atoms with van der Waals surface area (Å²) in [5.74, 6) is -1.00. The second kappa shape index (κ2) is 8.26. The van der Waals surface area contributed by atoms with Crippen LogP contribution in [0.15, 0.2) is 42.5 Å². The number of carbonyl (C=O) groups is 2. The maximum Gasteiger partial charge on any atom is 0.342 e. The zero-order chi connectivity index (χ0) is 20.3. The molecule has 1 amide bonds. The third-order valence-electron chi connectivity index (χ3n) is 4.14. The summed E-state index contributed by atoms with van der Waals surface area (Å²) < 4.78 is 11.3. The van der Waals surface area contributed by atoms with Gasteiger partial charge in [0.05, 0.1) is 23.9 Å². The second-order valence-corrected chi connectivity index (χ2v) is 7.32. The summed E-state index contributed by atoms with van der Waals surface area (Å²) in [4.78, 5) is 30.8. The monoisotopic (exact) mass is 400 g/mol. The molecule has 0 fully saturated rings. The van der Waals surface area contributed by atoms with Gasteiger partial charge in [-0.05, 0) is 31.2 Å². The Morgan fingerprint density at radius 2 is 2.00 bits per heavy atom. The topological polar surface area (TPSA) is 89.0 Å². The molecular weight excluding hydrogens is 380 g/mol. The number of nitrogens with zero attached hydrogens (tertiary/aromatic N) is 2. The molecule has 1 aromatic heterocycles. The van der Waals surface area contributed by atoms with E-state index in [1.54, 1.807) is 7.05 Å². The molecule has 0 aliphatic heterocycles. The summed E-state index contributed by atoms with van der Waals surface area (Å²) >= 11 is 1.51. The lowest BCUT2D eigenvalue weighted by Gasteiger charge is -2.20. The molecule has 0 aliphatic rings. The number of aromatic hydroxyl groups is 1. The van der Waals surface area contributed by atoms with Crippen LogP contribution < -0.4 is 4.74 Å². The fourth-order valence-corrected chi connectivity index (χ4v) is 3.69. The van der Waals surface area contributed by atoms with E-state index in [0.717, 1.165) is 15.2 Å². The van der Waals surface area contributed by atoms with Crippen LogP contribution in [0.3, 0.4) is 0 Å². The summed E-state index contributed by atoms with van der Waals surface area (Å²) in [5, 5.41) is 10.7. The average Bonchev–Trinajstić information content (AvgIpc) is 3.09. The summed E-state index contributed by atoms with van der Waals surface area (Å²) in [6.07, 6.45) is -1.01. The number of esters is 1. The first-order valence-electron chi connectivity index (χ1n) is 8.56. The molecule has 0 radical (unpaired) electrons. The number of thiazole rings is 1. The molecule has 0 bridgehead atoms. The minimum Gasteiger partial charge on any atom is -0.507 e. The van der Waals surface area contributed by atoms with E-state index < -0.39 is 12.1 Å². The zero-order valence-corrected chi connectivity index (χ0v) is 16.5. The number of carbonyl (C=O) groups excluding carboxylic acids is 2. The van der Waals surface area contributed by atoms with Crippen LogP contribution in [-0.4, -0.2) is 47.1 Å². The fourth-order valence-electron chi connectivity index (χ4n) is 2.66. The van der Waals surface area contributed by atoms with Gasteiger partial charge in [0, 0.05) is 13.1 Å². The van der Waals surface area contributed by atoms with Crippen LogP contribution in [0, 0.1) is 0 Å². The van der Waals surface area contributed by atoms with Gasteiger partial charge in [-0.1, -0.05) is 12.1 Å². The number of likely N-dealkylation sites (N-methyl/N-ethyl adjacent to an activating group) is 1. The minimum atomic E-state index is -1.01. The lowest BCUT2D eigenvalue weighted by Crippen LogP contribution is -2.37. The number of aromatic nitrogens is 1. The molecule has 0 saturated carbocycles. The molecule has 0 spiro atoms. The van der Waals surface area contributed by atoms with E-state index in [4.69, 9.17) is 9.47 Å². The lowest BCUT2D eigenvalue weighted by atomic mass is 10.2. The van der Waals surface area contributed by atoms with Crippen molar-refractivity contribution in [3.8, 4) is 11.5 Å². The molecule has 1 unspecified atom stereocenters. The van der Waals surface area contributed by atoms with E-state index >= 15 is 0 Å². The van der Waals surface area contributed by atoms with Crippen LogP contribution in [0.1, 0.15) is 22.3 Å². The standard InChI is InChI=1S/C20H20N2O5S/c1-12(27-20(25)14-9-8-13(26-3)10-16(14)23)19(24)22(2)11-18-21-15-6-4-5-7-17(15)28-18/h4-10,12,23H,11H2,1-3H3. The normalized spacial score (nSPS) is 11.8. The van der Waals surface area contributed by atoms with Crippen molar-refractivity contribution in [2.45, 2.75) is 19.6 Å². The fraction of sp³-hybridized carbons (Fsp3) is 0.250. The maximum atomic E-state index is 12.6. The summed E-state index contributed by atoms with van der Waals surface area (Å²) in [5.41, 5.74) is 0.854. The number of methoxy groups -OCH3 is 1. The van der Waals surface area contributed by atoms with Crippen molar-refractivity contribution >= 4 is 33.4 Å². The molecule has 7 nitrogen and oxygen atoms in total. The number of phenols is 1. The molecule has 3 aromatic rings. The highest BCUT2D eigenvalue weighted by atomic mass is 32.1. The van der Waals surface area contributed by atoms with Gasteiger partial charge in [0.2, 0.25) is 0 Å². The smallest absolute Gasteiger partial charge is 0.342 e. The number of benzene rings is 2. The van der Waals surface area contributed by atoms with Crippen molar-refractivity contribution in [2.75, 3.05) is 14.2 Å². The molecule has 1 atom stereocenters. The quantitative estimate of drug-likeness (QED) is 0.639. The van der Waals surface area contributed by atoms with Gasteiger partial charge in [0.15, 0.2) is 6.10 Å². The highest BCUT2D eigenvalue weighted by molar-refractivity contribution is 7.18. The van der Waals surface area contributed by atoms with E-state index in [0.29, 0.717) is 12.3 Å². The predicted molar refractivity (Wildman–Crippen MR) is 106 cm³/mol. The van der Waals surface area contributed by atoms with Crippen molar-refractivity contribution in [1.29, 1.82) is 0 Å². The SMILES string of the molecule is COc1ccc(C(=O)OC(C)C(=O)N(C)Cc2nc3ccccc3s2)c(O)c1. The molecule has 3 rings (SSSR count). The van der Waals surface area contributed by atoms with Crippen molar-refractivity contribution < 1.29 is 24.2 Å². The number of para-hydroxylation sites is 1. The number of rotatable bonds is 6. The molecule has 1 heterocycles. The van der Waals surface area contributed by atoms with E-state index in [2.05, 4.69) is 4.98 Å². The molecule has 1 N–H and O–H groups in total. The molecular formula is C20H20N2O5S. The number of fused-ring (bicyclic) bond motifs is 1. The van der Waals surface area contributed by atoms with Crippen LogP contribution in [0.4, 0.5) is 0 Å². The number of phenolic OH excluding ortho intramolecular Hbond substituents is 1. The molecule has 146 valence electrons. The maximum absolute atomic E-state index is 12.6. The van der Waals surface area contributed by atoms with Gasteiger partial charge in [-0.15, -0.1) is 11.3 Å². The van der Waals surface area contributed by atoms with E-state index in [9.17, 15) is 14.7 Å². The Hall–Kier alpha value is -3.13. The molecule has 0 aliphatic carbocycles. The van der Waals surface area contributed by atoms with Crippen molar-refractivity contribution in [1.82, 2.24) is 9.88 Å². The van der Waals surface area contributed by atoms with Gasteiger partial charge in [-0.2, -0.15) is 0 Å². The van der Waals surface area contributed by atoms with E-state index in [-0.39, 0.29) is 17.2 Å². The number of hydrogen-bond donors (Lipinski definition) is 1. The highest BCUT2D eigenvalue weighted by Gasteiger charge is 2.24. The second-order valence-electron chi connectivity index (χ2n) is 6.20. The van der Waals surface area contributed by atoms with Crippen LogP contribution in [0.25, 0.3) is 10.2 Å². The van der Waals surface area contributed by atoms with Gasteiger partial charge in [0.1, 0.15) is 22.1 Å². The average molecular weight is 400 g/mol. The Labute approximate surface area is 166 Å². The van der Waals surface area contributed by atoms with Crippen LogP contribution in [0.2, 0.25) is 0 Å².